The summed E-state index contributed by atoms with van der Waals surface area (Å²) in [6.45, 7) is 2.69. The number of nitrogens with one attached hydrogen (secondary N) is 1. The Morgan fingerprint density at radius 2 is 1.74 bits per heavy atom. The molecule has 0 spiro atoms. The van der Waals surface area contributed by atoms with E-state index in [0.717, 1.165) is 44.2 Å². The molecule has 1 fully saturated rings. The molecule has 1 saturated heterocycles. The summed E-state index contributed by atoms with van der Waals surface area (Å²) in [7, 11) is 5.96. The van der Waals surface area contributed by atoms with E-state index in [-0.39, 0.29) is 6.10 Å². The molecule has 0 amide bonds. The molecular formula is C22H30N4O. The highest BCUT2D eigenvalue weighted by Crippen LogP contribution is 2.19. The Labute approximate surface area is 162 Å². The van der Waals surface area contributed by atoms with Gasteiger partial charge >= 0.3 is 0 Å². The molecule has 3 rings (SSSR count). The Morgan fingerprint density at radius 3 is 2.33 bits per heavy atom. The minimum atomic E-state index is 0.278. The van der Waals surface area contributed by atoms with E-state index in [4.69, 9.17) is 4.74 Å². The molecule has 0 radical (unpaired) electrons. The maximum atomic E-state index is 6.09. The molecule has 0 aromatic heterocycles. The monoisotopic (exact) mass is 366 g/mol. The third-order valence-corrected chi connectivity index (χ3v) is 4.90. The molecule has 0 unspecified atom stereocenters. The minimum Gasteiger partial charge on any atom is -0.490 e. The summed E-state index contributed by atoms with van der Waals surface area (Å²) >= 11 is 0. The fourth-order valence-corrected chi connectivity index (χ4v) is 3.30. The van der Waals surface area contributed by atoms with E-state index in [1.54, 1.807) is 0 Å². The first-order chi connectivity index (χ1) is 13.2. The van der Waals surface area contributed by atoms with Gasteiger partial charge in [-0.3, -0.25) is 4.99 Å². The van der Waals surface area contributed by atoms with Crippen molar-refractivity contribution in [3.05, 3.63) is 60.2 Å². The van der Waals surface area contributed by atoms with Crippen molar-refractivity contribution in [2.75, 3.05) is 39.1 Å². The number of nitrogens with zero attached hydrogens (tertiary/aromatic N) is 3. The van der Waals surface area contributed by atoms with E-state index >= 15 is 0 Å². The van der Waals surface area contributed by atoms with Crippen molar-refractivity contribution >= 4 is 11.6 Å². The Kier molecular flexibility index (Phi) is 6.58. The van der Waals surface area contributed by atoms with Crippen LogP contribution in [0.2, 0.25) is 0 Å². The number of rotatable bonds is 5. The van der Waals surface area contributed by atoms with Gasteiger partial charge in [-0.25, -0.2) is 0 Å². The molecule has 2 aromatic rings. The first-order valence-corrected chi connectivity index (χ1v) is 9.59. The maximum absolute atomic E-state index is 6.09. The van der Waals surface area contributed by atoms with Crippen LogP contribution in [0.3, 0.4) is 0 Å². The summed E-state index contributed by atoms with van der Waals surface area (Å²) in [6, 6.07) is 18.7. The molecule has 144 valence electrons. The number of aliphatic imine (C=N–C) groups is 1. The number of piperidine rings is 1. The van der Waals surface area contributed by atoms with Crippen molar-refractivity contribution < 1.29 is 4.74 Å². The van der Waals surface area contributed by atoms with Gasteiger partial charge in [0.15, 0.2) is 5.96 Å². The number of ether oxygens (including phenoxy) is 1. The number of likely N-dealkylation sites (tertiary alicyclic amines) is 1. The summed E-state index contributed by atoms with van der Waals surface area (Å²) in [5.74, 6) is 1.92. The summed E-state index contributed by atoms with van der Waals surface area (Å²) in [5.41, 5.74) is 2.47. The Hall–Kier alpha value is -2.69. The lowest BCUT2D eigenvalue weighted by Crippen LogP contribution is -2.47. The predicted molar refractivity (Wildman–Crippen MR) is 113 cm³/mol. The van der Waals surface area contributed by atoms with Crippen molar-refractivity contribution in [2.24, 2.45) is 4.99 Å². The Bertz CT molecular complexity index is 720. The molecule has 27 heavy (non-hydrogen) atoms. The molecular weight excluding hydrogens is 336 g/mol. The molecule has 0 atom stereocenters. The van der Waals surface area contributed by atoms with Crippen LogP contribution in [0, 0.1) is 0 Å². The average molecular weight is 367 g/mol. The molecule has 5 nitrogen and oxygen atoms in total. The number of hydrogen-bond acceptors (Lipinski definition) is 3. The quantitative estimate of drug-likeness (QED) is 0.651. The van der Waals surface area contributed by atoms with Crippen LogP contribution in [0.15, 0.2) is 59.6 Å². The van der Waals surface area contributed by atoms with E-state index in [1.165, 1.54) is 11.3 Å². The third-order valence-electron chi connectivity index (χ3n) is 4.90. The van der Waals surface area contributed by atoms with Crippen LogP contribution in [-0.2, 0) is 6.54 Å². The van der Waals surface area contributed by atoms with Crippen LogP contribution in [0.4, 0.5) is 5.69 Å². The van der Waals surface area contributed by atoms with Crippen LogP contribution < -0.4 is 15.0 Å². The normalized spacial score (nSPS) is 15.5. The predicted octanol–water partition coefficient (Wildman–Crippen LogP) is 3.37. The molecule has 1 aliphatic heterocycles. The van der Waals surface area contributed by atoms with Crippen molar-refractivity contribution in [3.8, 4) is 5.75 Å². The van der Waals surface area contributed by atoms with Crippen LogP contribution >= 0.6 is 0 Å². The lowest BCUT2D eigenvalue weighted by molar-refractivity contribution is 0.129. The lowest BCUT2D eigenvalue weighted by atomic mass is 10.1. The molecule has 5 heteroatoms. The van der Waals surface area contributed by atoms with E-state index in [9.17, 15) is 0 Å². The molecule has 1 N–H and O–H groups in total. The molecule has 1 aliphatic rings. The molecule has 0 aliphatic carbocycles. The van der Waals surface area contributed by atoms with Gasteiger partial charge in [0.2, 0.25) is 0 Å². The van der Waals surface area contributed by atoms with Crippen molar-refractivity contribution in [3.63, 3.8) is 0 Å². The average Bonchev–Trinajstić information content (AvgIpc) is 2.71. The number of guanidine groups is 1. The summed E-state index contributed by atoms with van der Waals surface area (Å²) in [6.07, 6.45) is 2.29. The molecule has 1 heterocycles. The van der Waals surface area contributed by atoms with Crippen molar-refractivity contribution in [2.45, 2.75) is 25.5 Å². The fourth-order valence-electron chi connectivity index (χ4n) is 3.30. The van der Waals surface area contributed by atoms with Crippen LogP contribution in [0.25, 0.3) is 0 Å². The van der Waals surface area contributed by atoms with Gasteiger partial charge in [0, 0.05) is 59.3 Å². The molecule has 0 saturated carbocycles. The van der Waals surface area contributed by atoms with E-state index in [2.05, 4.69) is 58.5 Å². The van der Waals surface area contributed by atoms with Gasteiger partial charge in [-0.1, -0.05) is 30.3 Å². The SMILES string of the molecule is CN=C(NCc1ccc(N(C)C)cc1)N1CCC(Oc2ccccc2)CC1. The van der Waals surface area contributed by atoms with Gasteiger partial charge < -0.3 is 19.9 Å². The number of para-hydroxylation sites is 1. The molecule has 2 aromatic carbocycles. The zero-order valence-corrected chi connectivity index (χ0v) is 16.6. The zero-order valence-electron chi connectivity index (χ0n) is 16.6. The highest BCUT2D eigenvalue weighted by molar-refractivity contribution is 5.80. The topological polar surface area (TPSA) is 40.1 Å². The largest absolute Gasteiger partial charge is 0.490 e. The van der Waals surface area contributed by atoms with Crippen LogP contribution in [0.5, 0.6) is 5.75 Å². The van der Waals surface area contributed by atoms with Gasteiger partial charge in [0.05, 0.1) is 0 Å². The first-order valence-electron chi connectivity index (χ1n) is 9.59. The van der Waals surface area contributed by atoms with Gasteiger partial charge in [-0.15, -0.1) is 0 Å². The Balaban J connectivity index is 1.47. The number of benzene rings is 2. The summed E-state index contributed by atoms with van der Waals surface area (Å²) < 4.78 is 6.09. The van der Waals surface area contributed by atoms with Crippen molar-refractivity contribution in [1.82, 2.24) is 10.2 Å². The standard InChI is InChI=1S/C22H30N4O/c1-23-22(24-17-18-9-11-19(12-10-18)25(2)3)26-15-13-21(14-16-26)27-20-7-5-4-6-8-20/h4-12,21H,13-17H2,1-3H3,(H,23,24). The highest BCUT2D eigenvalue weighted by atomic mass is 16.5. The van der Waals surface area contributed by atoms with Gasteiger partial charge in [0.1, 0.15) is 11.9 Å². The second-order valence-corrected chi connectivity index (χ2v) is 7.08. The fraction of sp³-hybridized carbons (Fsp3) is 0.409. The second-order valence-electron chi connectivity index (χ2n) is 7.08. The first kappa shape index (κ1) is 19.1. The minimum absolute atomic E-state index is 0.278. The van der Waals surface area contributed by atoms with Crippen LogP contribution in [0.1, 0.15) is 18.4 Å². The molecule has 0 bridgehead atoms. The smallest absolute Gasteiger partial charge is 0.193 e. The zero-order chi connectivity index (χ0) is 19.1. The summed E-state index contributed by atoms with van der Waals surface area (Å²) in [5, 5.41) is 3.49. The van der Waals surface area contributed by atoms with Gasteiger partial charge in [0.25, 0.3) is 0 Å². The van der Waals surface area contributed by atoms with Crippen molar-refractivity contribution in [1.29, 1.82) is 0 Å². The second kappa shape index (κ2) is 9.31. The van der Waals surface area contributed by atoms with Crippen LogP contribution in [-0.4, -0.2) is 51.2 Å². The number of anilines is 1. The van der Waals surface area contributed by atoms with Gasteiger partial charge in [-0.2, -0.15) is 0 Å². The summed E-state index contributed by atoms with van der Waals surface area (Å²) in [4.78, 5) is 8.89. The lowest BCUT2D eigenvalue weighted by Gasteiger charge is -2.34. The van der Waals surface area contributed by atoms with E-state index < -0.39 is 0 Å². The third kappa shape index (κ3) is 5.39. The van der Waals surface area contributed by atoms with E-state index in [1.807, 2.05) is 37.4 Å². The number of hydrogen-bond donors (Lipinski definition) is 1. The van der Waals surface area contributed by atoms with E-state index in [0.29, 0.717) is 0 Å². The maximum Gasteiger partial charge on any atom is 0.193 e. The highest BCUT2D eigenvalue weighted by Gasteiger charge is 2.22. The Morgan fingerprint density at radius 1 is 1.07 bits per heavy atom. The van der Waals surface area contributed by atoms with Gasteiger partial charge in [-0.05, 0) is 29.8 Å².